The van der Waals surface area contributed by atoms with Gasteiger partial charge in [0.2, 0.25) is 12.7 Å². The normalized spacial score (nSPS) is 16.9. The number of furan rings is 1. The van der Waals surface area contributed by atoms with Gasteiger partial charge in [0.1, 0.15) is 17.1 Å². The number of allylic oxidation sites excluding steroid dienone is 2. The third-order valence-electron chi connectivity index (χ3n) is 9.91. The molecule has 2 unspecified atom stereocenters. The maximum absolute atomic E-state index is 16.0. The van der Waals surface area contributed by atoms with Crippen LogP contribution in [0.3, 0.4) is 0 Å². The summed E-state index contributed by atoms with van der Waals surface area (Å²) in [6, 6.07) is 5.01. The van der Waals surface area contributed by atoms with Crippen LogP contribution in [0.4, 0.5) is 4.39 Å². The molecule has 312 valence electrons. The molecule has 1 aromatic carbocycles. The fraction of sp³-hybridized carbons (Fsp3) is 0.409. The summed E-state index contributed by atoms with van der Waals surface area (Å²) in [5.74, 6) is -4.40. The first-order chi connectivity index (χ1) is 27.6. The van der Waals surface area contributed by atoms with Crippen LogP contribution < -0.4 is 5.56 Å². The molecular weight excluding hydrogens is 765 g/mol. The lowest BCUT2D eigenvalue weighted by atomic mass is 9.83. The van der Waals surface area contributed by atoms with E-state index in [0.717, 1.165) is 4.57 Å². The van der Waals surface area contributed by atoms with E-state index < -0.39 is 82.9 Å². The summed E-state index contributed by atoms with van der Waals surface area (Å²) in [7, 11) is 0. The summed E-state index contributed by atoms with van der Waals surface area (Å²) in [5, 5.41) is 0.249. The van der Waals surface area contributed by atoms with Crippen molar-refractivity contribution in [3.05, 3.63) is 94.5 Å². The minimum absolute atomic E-state index is 0.00248. The van der Waals surface area contributed by atoms with E-state index in [4.69, 9.17) is 23.4 Å². The molecule has 14 nitrogen and oxygen atoms in total. The highest BCUT2D eigenvalue weighted by Crippen LogP contribution is 2.42. The quantitative estimate of drug-likeness (QED) is 0.0917. The van der Waals surface area contributed by atoms with Crippen LogP contribution in [0.5, 0.6) is 0 Å². The Hall–Kier alpha value is -6.25. The molecule has 0 N–H and O–H groups in total. The summed E-state index contributed by atoms with van der Waals surface area (Å²) in [6.45, 7) is 13.3. The molecule has 6 rings (SSSR count). The zero-order valence-electron chi connectivity index (χ0n) is 34.5. The Labute approximate surface area is 339 Å². The number of hydrogen-bond donors (Lipinski definition) is 0. The van der Waals surface area contributed by atoms with Crippen molar-refractivity contribution in [3.8, 4) is 11.1 Å². The number of hydrogen-bond acceptors (Lipinski definition) is 11. The van der Waals surface area contributed by atoms with E-state index in [9.17, 15) is 28.8 Å². The highest BCUT2D eigenvalue weighted by Gasteiger charge is 2.39. The molecule has 59 heavy (non-hydrogen) atoms. The van der Waals surface area contributed by atoms with Crippen LogP contribution in [0, 0.1) is 28.0 Å². The van der Waals surface area contributed by atoms with E-state index in [-0.39, 0.29) is 52.0 Å². The van der Waals surface area contributed by atoms with Crippen molar-refractivity contribution < 1.29 is 51.7 Å². The number of esters is 4. The fourth-order valence-electron chi connectivity index (χ4n) is 6.69. The van der Waals surface area contributed by atoms with Gasteiger partial charge in [-0.05, 0) is 92.2 Å². The minimum atomic E-state index is -1.04. The Balaban J connectivity index is 1.54. The number of amides is 1. The third-order valence-corrected chi connectivity index (χ3v) is 9.91. The molecule has 0 bridgehead atoms. The molecule has 0 radical (unpaired) electrons. The lowest BCUT2D eigenvalue weighted by molar-refractivity contribution is -0.162. The summed E-state index contributed by atoms with van der Waals surface area (Å²) in [4.78, 5) is 82.1. The van der Waals surface area contributed by atoms with Crippen LogP contribution in [0.15, 0.2) is 81.9 Å². The van der Waals surface area contributed by atoms with E-state index in [1.807, 2.05) is 6.08 Å². The number of benzene rings is 1. The zero-order chi connectivity index (χ0) is 43.2. The number of ether oxygens (including phenoxy) is 4. The first-order valence-electron chi connectivity index (χ1n) is 19.1. The Morgan fingerprint density at radius 3 is 2.10 bits per heavy atom. The molecule has 0 saturated carbocycles. The average molecular weight is 814 g/mol. The topological polar surface area (TPSA) is 166 Å². The summed E-state index contributed by atoms with van der Waals surface area (Å²) in [6.07, 6.45) is 11.3. The Bertz CT molecular complexity index is 2510. The monoisotopic (exact) mass is 813 g/mol. The van der Waals surface area contributed by atoms with Crippen LogP contribution in [0.25, 0.3) is 33.0 Å². The Morgan fingerprint density at radius 1 is 0.814 bits per heavy atom. The number of carbonyl (C=O) groups is 5. The highest BCUT2D eigenvalue weighted by molar-refractivity contribution is 6.17. The average Bonchev–Trinajstić information content (AvgIpc) is 3.76. The number of nitrogens with zero attached hydrogens (tertiary/aromatic N) is 3. The van der Waals surface area contributed by atoms with Gasteiger partial charge in [-0.3, -0.25) is 33.4 Å². The van der Waals surface area contributed by atoms with E-state index in [2.05, 4.69) is 0 Å². The molecule has 0 fully saturated rings. The number of pyridine rings is 1. The lowest BCUT2D eigenvalue weighted by Gasteiger charge is -2.39. The predicted octanol–water partition coefficient (Wildman–Crippen LogP) is 7.03. The van der Waals surface area contributed by atoms with Gasteiger partial charge in [-0.25, -0.2) is 9.18 Å². The minimum Gasteiger partial charge on any atom is -0.463 e. The summed E-state index contributed by atoms with van der Waals surface area (Å²) < 4.78 is 46.3. The number of fused-ring (bicyclic) bond motifs is 4. The maximum Gasteiger partial charge on any atom is 0.358 e. The van der Waals surface area contributed by atoms with Crippen molar-refractivity contribution in [2.24, 2.45) is 22.2 Å². The van der Waals surface area contributed by atoms with Crippen molar-refractivity contribution in [1.82, 2.24) is 14.0 Å². The van der Waals surface area contributed by atoms with Gasteiger partial charge in [-0.2, -0.15) is 0 Å². The maximum atomic E-state index is 16.0. The molecule has 2 aliphatic rings. The summed E-state index contributed by atoms with van der Waals surface area (Å²) in [5.41, 5.74) is -2.90. The van der Waals surface area contributed by atoms with Crippen molar-refractivity contribution >= 4 is 51.7 Å². The van der Waals surface area contributed by atoms with Gasteiger partial charge in [-0.15, -0.1) is 0 Å². The van der Waals surface area contributed by atoms with Crippen LogP contribution in [0.2, 0.25) is 0 Å². The fourth-order valence-corrected chi connectivity index (χ4v) is 6.69. The molecule has 2 atom stereocenters. The van der Waals surface area contributed by atoms with Crippen molar-refractivity contribution in [2.75, 3.05) is 13.5 Å². The first kappa shape index (κ1) is 42.4. The molecule has 1 aliphatic carbocycles. The third kappa shape index (κ3) is 8.50. The second kappa shape index (κ2) is 15.8. The van der Waals surface area contributed by atoms with Crippen LogP contribution in [-0.4, -0.2) is 63.4 Å². The summed E-state index contributed by atoms with van der Waals surface area (Å²) >= 11 is 0. The molecule has 1 aliphatic heterocycles. The van der Waals surface area contributed by atoms with Crippen molar-refractivity contribution in [3.63, 3.8) is 0 Å². The van der Waals surface area contributed by atoms with E-state index in [0.29, 0.717) is 5.57 Å². The molecule has 0 spiro atoms. The van der Waals surface area contributed by atoms with Gasteiger partial charge in [0.15, 0.2) is 13.5 Å². The molecular formula is C44H48FN3O11. The van der Waals surface area contributed by atoms with Crippen LogP contribution in [0.1, 0.15) is 72.8 Å². The molecule has 4 aromatic rings. The second-order valence-corrected chi connectivity index (χ2v) is 17.6. The Morgan fingerprint density at radius 2 is 1.44 bits per heavy atom. The molecule has 0 saturated heterocycles. The molecule has 3 aromatic heterocycles. The van der Waals surface area contributed by atoms with Gasteiger partial charge in [0.05, 0.1) is 50.4 Å². The van der Waals surface area contributed by atoms with Gasteiger partial charge in [0.25, 0.3) is 5.56 Å². The van der Waals surface area contributed by atoms with Gasteiger partial charge in [-0.1, -0.05) is 24.3 Å². The van der Waals surface area contributed by atoms with E-state index in [1.165, 1.54) is 52.3 Å². The van der Waals surface area contributed by atoms with Gasteiger partial charge < -0.3 is 27.9 Å². The molecule has 15 heteroatoms. The van der Waals surface area contributed by atoms with Gasteiger partial charge in [0, 0.05) is 30.3 Å². The van der Waals surface area contributed by atoms with E-state index >= 15 is 4.39 Å². The van der Waals surface area contributed by atoms with Crippen molar-refractivity contribution in [1.29, 1.82) is 0 Å². The Kier molecular flexibility index (Phi) is 11.4. The zero-order valence-corrected chi connectivity index (χ0v) is 34.5. The largest absolute Gasteiger partial charge is 0.463 e. The SMILES string of the molecule is CC(C)(C)C(=O)OCOC(=O)c1c(-c2cccn(COC(=O)C(C)(C)C)c2=O)c2c3occc3c(F)cc2n1CC1=CC(=O)N(COC(=O)C(C)(C)C)C2C=CC=CC12. The van der Waals surface area contributed by atoms with Gasteiger partial charge >= 0.3 is 23.9 Å². The molecule has 4 heterocycles. The number of halogens is 1. The predicted molar refractivity (Wildman–Crippen MR) is 214 cm³/mol. The highest BCUT2D eigenvalue weighted by atomic mass is 19.1. The smallest absolute Gasteiger partial charge is 0.358 e. The lowest BCUT2D eigenvalue weighted by Crippen LogP contribution is -2.49. The second-order valence-electron chi connectivity index (χ2n) is 17.6. The van der Waals surface area contributed by atoms with E-state index in [1.54, 1.807) is 80.5 Å². The number of aromatic nitrogens is 2. The van der Waals surface area contributed by atoms with Crippen LogP contribution in [-0.2, 0) is 51.4 Å². The van der Waals surface area contributed by atoms with Crippen LogP contribution >= 0.6 is 0 Å². The first-order valence-corrected chi connectivity index (χ1v) is 19.1. The molecule has 1 amide bonds. The standard InChI is InChI=1S/C44H48FN3O11/c1-42(2,3)39(52)56-22-46-17-12-14-28(37(46)50)33-34-31(20-29(45)27-16-18-55-36(27)34)47(35(33)38(51)58-24-59-41(54)44(7,8)9)21-25-19-32(49)48(23-57-40(53)43(4,5)6)30-15-11-10-13-26(25)30/h10-20,26,30H,21-24H2,1-9H3. The van der Waals surface area contributed by atoms with Crippen molar-refractivity contribution in [2.45, 2.75) is 81.6 Å². The number of carbonyl (C=O) groups excluding carboxylic acids is 5. The number of rotatable bonds is 10.